The number of halogens is 1. The highest BCUT2D eigenvalue weighted by atomic mass is 35.5. The minimum atomic E-state index is 0.400. The Labute approximate surface area is 139 Å². The summed E-state index contributed by atoms with van der Waals surface area (Å²) in [7, 11) is 3.13. The Hall–Kier alpha value is -2.28. The second kappa shape index (κ2) is 6.87. The molecule has 0 bridgehead atoms. The number of aromatic nitrogens is 3. The van der Waals surface area contributed by atoms with Crippen molar-refractivity contribution < 1.29 is 9.47 Å². The van der Waals surface area contributed by atoms with Crippen LogP contribution in [-0.4, -0.2) is 42.5 Å². The van der Waals surface area contributed by atoms with Crippen LogP contribution in [-0.2, 0) is 0 Å². The van der Waals surface area contributed by atoms with Crippen LogP contribution < -0.4 is 19.7 Å². The first-order chi connectivity index (χ1) is 11.2. The van der Waals surface area contributed by atoms with E-state index in [4.69, 9.17) is 21.1 Å². The first-order valence-corrected chi connectivity index (χ1v) is 7.72. The van der Waals surface area contributed by atoms with E-state index in [0.717, 1.165) is 18.9 Å². The van der Waals surface area contributed by atoms with Gasteiger partial charge in [0.15, 0.2) is 5.82 Å². The highest BCUT2D eigenvalue weighted by Gasteiger charge is 2.16. The molecule has 1 saturated heterocycles. The monoisotopic (exact) mass is 335 g/mol. The van der Waals surface area contributed by atoms with E-state index >= 15 is 0 Å². The van der Waals surface area contributed by atoms with Gasteiger partial charge in [-0.2, -0.15) is 10.1 Å². The molecule has 1 aromatic heterocycles. The summed E-state index contributed by atoms with van der Waals surface area (Å²) in [5.74, 6) is 2.33. The summed E-state index contributed by atoms with van der Waals surface area (Å²) in [6, 6.07) is 3.42. The van der Waals surface area contributed by atoms with Crippen molar-refractivity contribution in [3.8, 4) is 11.5 Å². The van der Waals surface area contributed by atoms with Crippen LogP contribution in [0.3, 0.4) is 0 Å². The van der Waals surface area contributed by atoms with Gasteiger partial charge in [0.2, 0.25) is 5.95 Å². The van der Waals surface area contributed by atoms with Crippen molar-refractivity contribution in [2.75, 3.05) is 37.5 Å². The average molecular weight is 336 g/mol. The van der Waals surface area contributed by atoms with Crippen molar-refractivity contribution in [2.24, 2.45) is 0 Å². The van der Waals surface area contributed by atoms with Crippen molar-refractivity contribution >= 4 is 29.1 Å². The Kier molecular flexibility index (Phi) is 4.66. The van der Waals surface area contributed by atoms with Gasteiger partial charge in [0.25, 0.3) is 0 Å². The standard InChI is InChI=1S/C15H18ClN5O2/c1-22-12-8-11(13(23-2)7-10(12)16)18-15-19-14(9-17-20-15)21-5-3-4-6-21/h7-9H,3-6H2,1-2H3,(H,18,19,20). The molecular weight excluding hydrogens is 318 g/mol. The molecule has 1 fully saturated rings. The molecule has 0 amide bonds. The number of ether oxygens (including phenoxy) is 2. The largest absolute Gasteiger partial charge is 0.495 e. The third kappa shape index (κ3) is 3.39. The Balaban J connectivity index is 1.88. The number of nitrogens with one attached hydrogen (secondary N) is 1. The Morgan fingerprint density at radius 1 is 1.13 bits per heavy atom. The maximum Gasteiger partial charge on any atom is 0.249 e. The van der Waals surface area contributed by atoms with Crippen LogP contribution in [0.25, 0.3) is 0 Å². The van der Waals surface area contributed by atoms with Gasteiger partial charge in [-0.1, -0.05) is 11.6 Å². The zero-order valence-electron chi connectivity index (χ0n) is 13.0. The molecule has 1 N–H and O–H groups in total. The second-order valence-corrected chi connectivity index (χ2v) is 5.55. The molecule has 8 heteroatoms. The minimum absolute atomic E-state index is 0.400. The summed E-state index contributed by atoms with van der Waals surface area (Å²) >= 11 is 6.11. The molecule has 7 nitrogen and oxygen atoms in total. The topological polar surface area (TPSA) is 72.4 Å². The molecule has 2 heterocycles. The maximum absolute atomic E-state index is 6.11. The molecule has 2 aromatic rings. The average Bonchev–Trinajstić information content (AvgIpc) is 3.11. The van der Waals surface area contributed by atoms with E-state index < -0.39 is 0 Å². The molecule has 0 unspecified atom stereocenters. The lowest BCUT2D eigenvalue weighted by Gasteiger charge is -2.17. The summed E-state index contributed by atoms with van der Waals surface area (Å²) in [6.07, 6.45) is 4.03. The van der Waals surface area contributed by atoms with E-state index in [0.29, 0.717) is 28.2 Å². The van der Waals surface area contributed by atoms with Gasteiger partial charge in [0.1, 0.15) is 11.5 Å². The van der Waals surface area contributed by atoms with E-state index in [9.17, 15) is 0 Å². The molecular formula is C15H18ClN5O2. The lowest BCUT2D eigenvalue weighted by molar-refractivity contribution is 0.405. The van der Waals surface area contributed by atoms with E-state index in [1.165, 1.54) is 12.8 Å². The fourth-order valence-corrected chi connectivity index (χ4v) is 2.76. The fourth-order valence-electron chi connectivity index (χ4n) is 2.53. The number of nitrogens with zero attached hydrogens (tertiary/aromatic N) is 4. The predicted octanol–water partition coefficient (Wildman–Crippen LogP) is 2.89. The van der Waals surface area contributed by atoms with Crippen LogP contribution in [0.2, 0.25) is 5.02 Å². The molecule has 0 aliphatic carbocycles. The third-order valence-electron chi connectivity index (χ3n) is 3.70. The third-order valence-corrected chi connectivity index (χ3v) is 3.99. The van der Waals surface area contributed by atoms with E-state index in [2.05, 4.69) is 25.4 Å². The van der Waals surface area contributed by atoms with Crippen molar-refractivity contribution in [2.45, 2.75) is 12.8 Å². The van der Waals surface area contributed by atoms with Gasteiger partial charge >= 0.3 is 0 Å². The van der Waals surface area contributed by atoms with Gasteiger partial charge in [-0.05, 0) is 12.8 Å². The zero-order valence-corrected chi connectivity index (χ0v) is 13.8. The molecule has 0 atom stereocenters. The molecule has 0 radical (unpaired) electrons. The number of benzene rings is 1. The number of hydrogen-bond donors (Lipinski definition) is 1. The van der Waals surface area contributed by atoms with Gasteiger partial charge < -0.3 is 19.7 Å². The summed E-state index contributed by atoms with van der Waals surface area (Å²) in [5.41, 5.74) is 0.661. The van der Waals surface area contributed by atoms with Gasteiger partial charge in [-0.3, -0.25) is 0 Å². The van der Waals surface area contributed by atoms with Crippen molar-refractivity contribution in [1.82, 2.24) is 15.2 Å². The lowest BCUT2D eigenvalue weighted by atomic mass is 10.2. The molecule has 0 spiro atoms. The Bertz CT molecular complexity index is 692. The van der Waals surface area contributed by atoms with Gasteiger partial charge in [-0.25, -0.2) is 0 Å². The summed E-state index contributed by atoms with van der Waals surface area (Å²) in [5, 5.41) is 11.6. The minimum Gasteiger partial charge on any atom is -0.495 e. The number of rotatable bonds is 5. The predicted molar refractivity (Wildman–Crippen MR) is 89.1 cm³/mol. The number of anilines is 3. The Morgan fingerprint density at radius 2 is 1.87 bits per heavy atom. The van der Waals surface area contributed by atoms with Gasteiger partial charge in [-0.15, -0.1) is 5.10 Å². The Morgan fingerprint density at radius 3 is 2.57 bits per heavy atom. The molecule has 1 aliphatic rings. The van der Waals surface area contributed by atoms with Crippen molar-refractivity contribution in [1.29, 1.82) is 0 Å². The highest BCUT2D eigenvalue weighted by molar-refractivity contribution is 6.32. The van der Waals surface area contributed by atoms with Crippen molar-refractivity contribution in [3.63, 3.8) is 0 Å². The normalized spacial score (nSPS) is 14.0. The maximum atomic E-state index is 6.11. The molecule has 1 aliphatic heterocycles. The van der Waals surface area contributed by atoms with Crippen LogP contribution in [0, 0.1) is 0 Å². The molecule has 0 saturated carbocycles. The van der Waals surface area contributed by atoms with Crippen LogP contribution >= 0.6 is 11.6 Å². The summed E-state index contributed by atoms with van der Waals surface area (Å²) < 4.78 is 10.6. The molecule has 122 valence electrons. The molecule has 1 aromatic carbocycles. The highest BCUT2D eigenvalue weighted by Crippen LogP contribution is 2.36. The van der Waals surface area contributed by atoms with Crippen LogP contribution in [0.1, 0.15) is 12.8 Å². The van der Waals surface area contributed by atoms with Crippen LogP contribution in [0.15, 0.2) is 18.3 Å². The van der Waals surface area contributed by atoms with Gasteiger partial charge in [0.05, 0.1) is 31.1 Å². The molecule has 23 heavy (non-hydrogen) atoms. The van der Waals surface area contributed by atoms with Crippen LogP contribution in [0.5, 0.6) is 11.5 Å². The smallest absolute Gasteiger partial charge is 0.249 e. The van der Waals surface area contributed by atoms with Crippen LogP contribution in [0.4, 0.5) is 17.5 Å². The van der Waals surface area contributed by atoms with E-state index in [1.807, 2.05) is 0 Å². The SMILES string of the molecule is COc1cc(Nc2nncc(N3CCCC3)n2)c(OC)cc1Cl. The van der Waals surface area contributed by atoms with Gasteiger partial charge in [0, 0.05) is 25.2 Å². The second-order valence-electron chi connectivity index (χ2n) is 5.14. The zero-order chi connectivity index (χ0) is 16.2. The summed E-state index contributed by atoms with van der Waals surface area (Å²) in [4.78, 5) is 6.71. The lowest BCUT2D eigenvalue weighted by Crippen LogP contribution is -2.20. The van der Waals surface area contributed by atoms with E-state index in [-0.39, 0.29) is 0 Å². The van der Waals surface area contributed by atoms with E-state index in [1.54, 1.807) is 32.5 Å². The first-order valence-electron chi connectivity index (χ1n) is 7.34. The summed E-state index contributed by atoms with van der Waals surface area (Å²) in [6.45, 7) is 1.99. The first kappa shape index (κ1) is 15.6. The molecule has 3 rings (SSSR count). The quantitative estimate of drug-likeness (QED) is 0.900. The number of hydrogen-bond acceptors (Lipinski definition) is 7. The number of methoxy groups -OCH3 is 2. The van der Waals surface area contributed by atoms with Crippen molar-refractivity contribution in [3.05, 3.63) is 23.4 Å². The fraction of sp³-hybridized carbons (Fsp3) is 0.400.